The number of hydrogen-bond acceptors (Lipinski definition) is 6. The van der Waals surface area contributed by atoms with Crippen molar-refractivity contribution in [2.24, 2.45) is 4.99 Å². The lowest BCUT2D eigenvalue weighted by molar-refractivity contribution is 0.0398. The van der Waals surface area contributed by atoms with Crippen LogP contribution in [0.5, 0.6) is 5.75 Å². The third kappa shape index (κ3) is 4.18. The molecule has 2 rings (SSSR count). The number of hydrogen-bond donors (Lipinski definition) is 2. The van der Waals surface area contributed by atoms with E-state index in [1.165, 1.54) is 0 Å². The van der Waals surface area contributed by atoms with Gasteiger partial charge < -0.3 is 15.2 Å². The van der Waals surface area contributed by atoms with Gasteiger partial charge in [-0.15, -0.1) is 0 Å². The van der Waals surface area contributed by atoms with Crippen LogP contribution in [0.4, 0.5) is 5.82 Å². The molecule has 1 aromatic heterocycles. The fourth-order valence-electron chi connectivity index (χ4n) is 1.95. The normalized spacial score (nSPS) is 16.9. The van der Waals surface area contributed by atoms with E-state index in [2.05, 4.69) is 20.2 Å². The highest BCUT2D eigenvalue weighted by atomic mass is 16.5. The van der Waals surface area contributed by atoms with E-state index in [1.54, 1.807) is 25.4 Å². The summed E-state index contributed by atoms with van der Waals surface area (Å²) in [4.78, 5) is 10.5. The molecule has 6 heteroatoms. The molecule has 0 atom stereocenters. The summed E-state index contributed by atoms with van der Waals surface area (Å²) in [6.07, 6.45) is 1.54. The highest BCUT2D eigenvalue weighted by molar-refractivity contribution is 5.81. The van der Waals surface area contributed by atoms with Gasteiger partial charge in [-0.25, -0.2) is 4.98 Å². The van der Waals surface area contributed by atoms with Crippen LogP contribution in [0.1, 0.15) is 5.69 Å². The van der Waals surface area contributed by atoms with E-state index in [9.17, 15) is 5.11 Å². The number of aromatic nitrogens is 1. The van der Waals surface area contributed by atoms with Crippen LogP contribution in [0, 0.1) is 0 Å². The van der Waals surface area contributed by atoms with Gasteiger partial charge in [0.2, 0.25) is 0 Å². The second-order valence-electron chi connectivity index (χ2n) is 4.37. The second kappa shape index (κ2) is 7.06. The molecule has 0 aromatic carbocycles. The van der Waals surface area contributed by atoms with Gasteiger partial charge in [-0.2, -0.15) is 0 Å². The van der Waals surface area contributed by atoms with E-state index in [0.717, 1.165) is 45.2 Å². The average molecular weight is 264 g/mol. The highest BCUT2D eigenvalue weighted by Crippen LogP contribution is 2.15. The average Bonchev–Trinajstić information content (AvgIpc) is 2.44. The number of pyridine rings is 1. The van der Waals surface area contributed by atoms with Crippen LogP contribution in [0.15, 0.2) is 17.1 Å². The van der Waals surface area contributed by atoms with Crippen molar-refractivity contribution in [3.8, 4) is 5.75 Å². The van der Waals surface area contributed by atoms with E-state index < -0.39 is 0 Å². The van der Waals surface area contributed by atoms with Crippen molar-refractivity contribution in [3.05, 3.63) is 17.8 Å². The lowest BCUT2D eigenvalue weighted by Crippen LogP contribution is -2.39. The third-order valence-electron chi connectivity index (χ3n) is 2.99. The smallest absolute Gasteiger partial charge is 0.142 e. The van der Waals surface area contributed by atoms with E-state index in [0.29, 0.717) is 5.69 Å². The Morgan fingerprint density at radius 2 is 2.26 bits per heavy atom. The summed E-state index contributed by atoms with van der Waals surface area (Å²) in [6, 6.07) is 3.39. The van der Waals surface area contributed by atoms with Crippen molar-refractivity contribution in [2.75, 3.05) is 51.8 Å². The molecule has 1 fully saturated rings. The van der Waals surface area contributed by atoms with Crippen LogP contribution in [0.3, 0.4) is 0 Å². The van der Waals surface area contributed by atoms with Crippen LogP contribution in [0.2, 0.25) is 0 Å². The van der Waals surface area contributed by atoms with Crippen LogP contribution >= 0.6 is 0 Å². The molecule has 6 nitrogen and oxygen atoms in total. The molecule has 1 aliphatic rings. The van der Waals surface area contributed by atoms with E-state index >= 15 is 0 Å². The third-order valence-corrected chi connectivity index (χ3v) is 2.99. The molecule has 1 saturated heterocycles. The minimum atomic E-state index is 0.143. The Balaban J connectivity index is 1.83. The van der Waals surface area contributed by atoms with Gasteiger partial charge >= 0.3 is 0 Å². The summed E-state index contributed by atoms with van der Waals surface area (Å²) in [7, 11) is 1.65. The van der Waals surface area contributed by atoms with Crippen molar-refractivity contribution >= 4 is 12.0 Å². The van der Waals surface area contributed by atoms with Crippen molar-refractivity contribution in [3.63, 3.8) is 0 Å². The van der Waals surface area contributed by atoms with Gasteiger partial charge in [-0.05, 0) is 12.1 Å². The SMILES string of the molecule is C/N=C/c1nc(NCCN2CCOCC2)ccc1O. The summed E-state index contributed by atoms with van der Waals surface area (Å²) >= 11 is 0. The highest BCUT2D eigenvalue weighted by Gasteiger charge is 2.09. The Hall–Kier alpha value is -1.66. The van der Waals surface area contributed by atoms with E-state index in [1.807, 2.05) is 0 Å². The first-order chi connectivity index (χ1) is 9.29. The van der Waals surface area contributed by atoms with Gasteiger partial charge in [-0.1, -0.05) is 0 Å². The standard InChI is InChI=1S/C13H20N4O2/c1-14-10-11-12(18)2-3-13(16-11)15-4-5-17-6-8-19-9-7-17/h2-3,10,18H,4-9H2,1H3,(H,15,16)/b14-10+. The minimum Gasteiger partial charge on any atom is -0.506 e. The molecule has 0 radical (unpaired) electrons. The number of morpholine rings is 1. The number of nitrogens with one attached hydrogen (secondary N) is 1. The van der Waals surface area contributed by atoms with Crippen molar-refractivity contribution in [1.82, 2.24) is 9.88 Å². The fraction of sp³-hybridized carbons (Fsp3) is 0.538. The quantitative estimate of drug-likeness (QED) is 0.761. The fourth-order valence-corrected chi connectivity index (χ4v) is 1.95. The monoisotopic (exact) mass is 264 g/mol. The molecule has 0 saturated carbocycles. The molecule has 0 unspecified atom stereocenters. The number of nitrogens with zero attached hydrogens (tertiary/aromatic N) is 3. The molecular weight excluding hydrogens is 244 g/mol. The first-order valence-corrected chi connectivity index (χ1v) is 6.46. The molecule has 0 spiro atoms. The van der Waals surface area contributed by atoms with Crippen molar-refractivity contribution in [2.45, 2.75) is 0 Å². The van der Waals surface area contributed by atoms with Gasteiger partial charge in [0.25, 0.3) is 0 Å². The summed E-state index contributed by atoms with van der Waals surface area (Å²) < 4.78 is 5.30. The number of ether oxygens (including phenoxy) is 1. The van der Waals surface area contributed by atoms with Gasteiger partial charge in [-0.3, -0.25) is 9.89 Å². The van der Waals surface area contributed by atoms with Crippen molar-refractivity contribution in [1.29, 1.82) is 0 Å². The second-order valence-corrected chi connectivity index (χ2v) is 4.37. The lowest BCUT2D eigenvalue weighted by Gasteiger charge is -2.26. The Kier molecular flexibility index (Phi) is 5.11. The van der Waals surface area contributed by atoms with Gasteiger partial charge in [0.05, 0.1) is 19.4 Å². The molecule has 2 heterocycles. The number of anilines is 1. The van der Waals surface area contributed by atoms with E-state index in [-0.39, 0.29) is 5.75 Å². The Bertz CT molecular complexity index is 431. The van der Waals surface area contributed by atoms with Crippen LogP contribution in [0.25, 0.3) is 0 Å². The Morgan fingerprint density at radius 1 is 1.47 bits per heavy atom. The number of rotatable bonds is 5. The number of aliphatic imine (C=N–C) groups is 1. The lowest BCUT2D eigenvalue weighted by atomic mass is 10.3. The van der Waals surface area contributed by atoms with Crippen molar-refractivity contribution < 1.29 is 9.84 Å². The molecule has 0 amide bonds. The maximum Gasteiger partial charge on any atom is 0.142 e. The summed E-state index contributed by atoms with van der Waals surface area (Å²) in [5.41, 5.74) is 0.485. The van der Waals surface area contributed by atoms with Gasteiger partial charge in [0.1, 0.15) is 17.3 Å². The molecule has 0 aliphatic carbocycles. The van der Waals surface area contributed by atoms with Gasteiger partial charge in [0, 0.05) is 33.2 Å². The first-order valence-electron chi connectivity index (χ1n) is 6.46. The maximum absolute atomic E-state index is 9.59. The zero-order valence-electron chi connectivity index (χ0n) is 11.2. The largest absolute Gasteiger partial charge is 0.506 e. The maximum atomic E-state index is 9.59. The minimum absolute atomic E-state index is 0.143. The zero-order chi connectivity index (χ0) is 13.5. The molecular formula is C13H20N4O2. The zero-order valence-corrected chi connectivity index (χ0v) is 11.2. The van der Waals surface area contributed by atoms with Gasteiger partial charge in [0.15, 0.2) is 0 Å². The molecule has 19 heavy (non-hydrogen) atoms. The molecule has 1 aromatic rings. The molecule has 104 valence electrons. The Morgan fingerprint density at radius 3 is 3.00 bits per heavy atom. The summed E-state index contributed by atoms with van der Waals surface area (Å²) in [6.45, 7) is 5.38. The predicted molar refractivity (Wildman–Crippen MR) is 75.2 cm³/mol. The van der Waals surface area contributed by atoms with Crippen LogP contribution in [-0.2, 0) is 4.74 Å². The molecule has 1 aliphatic heterocycles. The first kappa shape index (κ1) is 13.8. The Labute approximate surface area is 113 Å². The topological polar surface area (TPSA) is 70.0 Å². The molecule has 2 N–H and O–H groups in total. The van der Waals surface area contributed by atoms with Crippen LogP contribution < -0.4 is 5.32 Å². The number of aromatic hydroxyl groups is 1. The van der Waals surface area contributed by atoms with E-state index in [4.69, 9.17) is 4.74 Å². The molecule has 0 bridgehead atoms. The predicted octanol–water partition coefficient (Wildman–Crippen LogP) is 0.580. The van der Waals surface area contributed by atoms with Crippen LogP contribution in [-0.4, -0.2) is 67.6 Å². The summed E-state index contributed by atoms with van der Waals surface area (Å²) in [5.74, 6) is 0.894. The summed E-state index contributed by atoms with van der Waals surface area (Å²) in [5, 5.41) is 12.8.